The molecule has 1 aliphatic carbocycles. The van der Waals surface area contributed by atoms with Gasteiger partial charge in [0.15, 0.2) is 6.61 Å². The number of hydrogen-bond donors (Lipinski definition) is 2. The van der Waals surface area contributed by atoms with Gasteiger partial charge in [-0.05, 0) is 57.9 Å². The van der Waals surface area contributed by atoms with Crippen molar-refractivity contribution in [3.05, 3.63) is 29.8 Å². The summed E-state index contributed by atoms with van der Waals surface area (Å²) in [5.74, 6) is -0.871. The molecule has 7 nitrogen and oxygen atoms in total. The fourth-order valence-corrected chi connectivity index (χ4v) is 2.67. The molecule has 1 aromatic rings. The van der Waals surface area contributed by atoms with Crippen LogP contribution in [-0.4, -0.2) is 36.2 Å². The number of carbonyl (C=O) groups excluding carboxylic acids is 3. The molecule has 0 bridgehead atoms. The third kappa shape index (κ3) is 6.74. The van der Waals surface area contributed by atoms with Gasteiger partial charge in [0, 0.05) is 11.7 Å². The van der Waals surface area contributed by atoms with E-state index in [9.17, 15) is 14.4 Å². The molecule has 7 heteroatoms. The standard InChI is InChI=1S/C19H26N2O5/c1-19(2,3)26-18(24)21-15-10-8-13(9-11-15)17(23)25-12-16(22)20-14-6-4-5-7-14/h8-11,14H,4-7,12H2,1-3H3,(H,20,22)(H,21,24). The van der Waals surface area contributed by atoms with Gasteiger partial charge in [0.2, 0.25) is 0 Å². The Bertz CT molecular complexity index is 643. The van der Waals surface area contributed by atoms with E-state index < -0.39 is 17.7 Å². The molecule has 0 heterocycles. The van der Waals surface area contributed by atoms with Crippen LogP contribution in [0.15, 0.2) is 24.3 Å². The Balaban J connectivity index is 1.78. The normalized spacial score (nSPS) is 14.6. The first-order valence-corrected chi connectivity index (χ1v) is 8.79. The quantitative estimate of drug-likeness (QED) is 0.784. The molecule has 0 saturated heterocycles. The second-order valence-corrected chi connectivity index (χ2v) is 7.33. The van der Waals surface area contributed by atoms with Crippen LogP contribution in [0.2, 0.25) is 0 Å². The molecule has 1 saturated carbocycles. The Hall–Kier alpha value is -2.57. The van der Waals surface area contributed by atoms with E-state index in [-0.39, 0.29) is 18.6 Å². The van der Waals surface area contributed by atoms with Crippen molar-refractivity contribution in [1.29, 1.82) is 0 Å². The first-order chi connectivity index (χ1) is 12.2. The monoisotopic (exact) mass is 362 g/mol. The van der Waals surface area contributed by atoms with E-state index in [1.807, 2.05) is 0 Å². The van der Waals surface area contributed by atoms with Crippen LogP contribution >= 0.6 is 0 Å². The molecule has 2 N–H and O–H groups in total. The Kier molecular flexibility index (Phi) is 6.60. The molecule has 1 aliphatic rings. The van der Waals surface area contributed by atoms with Gasteiger partial charge in [0.25, 0.3) is 5.91 Å². The lowest BCUT2D eigenvalue weighted by Gasteiger charge is -2.19. The molecule has 2 amide bonds. The van der Waals surface area contributed by atoms with Gasteiger partial charge in [-0.15, -0.1) is 0 Å². The highest BCUT2D eigenvalue weighted by molar-refractivity contribution is 5.92. The number of benzene rings is 1. The predicted octanol–water partition coefficient (Wildman–Crippen LogP) is 3.25. The summed E-state index contributed by atoms with van der Waals surface area (Å²) < 4.78 is 10.2. The zero-order valence-corrected chi connectivity index (χ0v) is 15.5. The van der Waals surface area contributed by atoms with Gasteiger partial charge >= 0.3 is 12.1 Å². The maximum atomic E-state index is 12.0. The molecular weight excluding hydrogens is 336 g/mol. The number of carbonyl (C=O) groups is 3. The second kappa shape index (κ2) is 8.69. The third-order valence-electron chi connectivity index (χ3n) is 3.82. The van der Waals surface area contributed by atoms with Gasteiger partial charge in [-0.2, -0.15) is 0 Å². The molecule has 0 atom stereocenters. The molecule has 0 unspecified atom stereocenters. The highest BCUT2D eigenvalue weighted by Crippen LogP contribution is 2.17. The highest BCUT2D eigenvalue weighted by Gasteiger charge is 2.19. The Morgan fingerprint density at radius 1 is 1.08 bits per heavy atom. The van der Waals surface area contributed by atoms with Gasteiger partial charge in [-0.3, -0.25) is 10.1 Å². The maximum Gasteiger partial charge on any atom is 0.412 e. The van der Waals surface area contributed by atoms with E-state index in [2.05, 4.69) is 10.6 Å². The van der Waals surface area contributed by atoms with Crippen molar-refractivity contribution in [1.82, 2.24) is 5.32 Å². The van der Waals surface area contributed by atoms with Crippen LogP contribution in [0.4, 0.5) is 10.5 Å². The Morgan fingerprint density at radius 2 is 1.69 bits per heavy atom. The fourth-order valence-electron chi connectivity index (χ4n) is 2.67. The van der Waals surface area contributed by atoms with E-state index in [1.165, 1.54) is 12.1 Å². The third-order valence-corrected chi connectivity index (χ3v) is 3.82. The number of nitrogens with one attached hydrogen (secondary N) is 2. The van der Waals surface area contributed by atoms with Gasteiger partial charge in [0.05, 0.1) is 5.56 Å². The van der Waals surface area contributed by atoms with Gasteiger partial charge in [-0.1, -0.05) is 12.8 Å². The summed E-state index contributed by atoms with van der Waals surface area (Å²) in [6.45, 7) is 5.02. The van der Waals surface area contributed by atoms with Crippen molar-refractivity contribution in [2.24, 2.45) is 0 Å². The van der Waals surface area contributed by atoms with Crippen LogP contribution in [0.25, 0.3) is 0 Å². The van der Waals surface area contributed by atoms with Crippen LogP contribution in [0, 0.1) is 0 Å². The second-order valence-electron chi connectivity index (χ2n) is 7.33. The summed E-state index contributed by atoms with van der Waals surface area (Å²) in [5, 5.41) is 5.44. The van der Waals surface area contributed by atoms with Gasteiger partial charge in [0.1, 0.15) is 5.60 Å². The lowest BCUT2D eigenvalue weighted by Crippen LogP contribution is -2.35. The van der Waals surface area contributed by atoms with E-state index in [0.29, 0.717) is 11.3 Å². The fraction of sp³-hybridized carbons (Fsp3) is 0.526. The minimum atomic E-state index is -0.590. The lowest BCUT2D eigenvalue weighted by molar-refractivity contribution is -0.124. The van der Waals surface area contributed by atoms with Crippen molar-refractivity contribution in [3.63, 3.8) is 0 Å². The molecule has 0 spiro atoms. The van der Waals surface area contributed by atoms with Crippen molar-refractivity contribution in [2.75, 3.05) is 11.9 Å². The molecule has 26 heavy (non-hydrogen) atoms. The minimum absolute atomic E-state index is 0.194. The molecule has 0 aliphatic heterocycles. The molecule has 142 valence electrons. The molecule has 1 aromatic carbocycles. The SMILES string of the molecule is CC(C)(C)OC(=O)Nc1ccc(C(=O)OCC(=O)NC2CCCC2)cc1. The predicted molar refractivity (Wildman–Crippen MR) is 97.0 cm³/mol. The zero-order chi connectivity index (χ0) is 19.2. The maximum absolute atomic E-state index is 12.0. The summed E-state index contributed by atoms with van der Waals surface area (Å²) in [7, 11) is 0. The molecular formula is C19H26N2O5. The first kappa shape index (κ1) is 19.8. The van der Waals surface area contributed by atoms with Crippen molar-refractivity contribution in [2.45, 2.75) is 58.1 Å². The summed E-state index contributed by atoms with van der Waals surface area (Å²) >= 11 is 0. The molecule has 1 fully saturated rings. The highest BCUT2D eigenvalue weighted by atomic mass is 16.6. The smallest absolute Gasteiger partial charge is 0.412 e. The van der Waals surface area contributed by atoms with Crippen LogP contribution < -0.4 is 10.6 Å². The topological polar surface area (TPSA) is 93.7 Å². The average Bonchev–Trinajstić information content (AvgIpc) is 3.04. The summed E-state index contributed by atoms with van der Waals surface area (Å²) in [4.78, 5) is 35.5. The molecule has 0 radical (unpaired) electrons. The van der Waals surface area contributed by atoms with Crippen molar-refractivity contribution in [3.8, 4) is 0 Å². The number of rotatable bonds is 5. The molecule has 0 aromatic heterocycles. The molecule has 2 rings (SSSR count). The number of esters is 1. The van der Waals surface area contributed by atoms with Crippen molar-refractivity contribution >= 4 is 23.7 Å². The summed E-state index contributed by atoms with van der Waals surface area (Å²) in [6, 6.07) is 6.37. The number of amides is 2. The van der Waals surface area contributed by atoms with Gasteiger partial charge < -0.3 is 14.8 Å². The van der Waals surface area contributed by atoms with Crippen LogP contribution in [-0.2, 0) is 14.3 Å². The summed E-state index contributed by atoms with van der Waals surface area (Å²) in [6.07, 6.45) is 3.62. The largest absolute Gasteiger partial charge is 0.452 e. The van der Waals surface area contributed by atoms with E-state index in [0.717, 1.165) is 25.7 Å². The number of hydrogen-bond acceptors (Lipinski definition) is 5. The van der Waals surface area contributed by atoms with Crippen LogP contribution in [0.3, 0.4) is 0 Å². The van der Waals surface area contributed by atoms with Crippen LogP contribution in [0.1, 0.15) is 56.8 Å². The van der Waals surface area contributed by atoms with Crippen LogP contribution in [0.5, 0.6) is 0 Å². The Morgan fingerprint density at radius 3 is 2.27 bits per heavy atom. The minimum Gasteiger partial charge on any atom is -0.452 e. The van der Waals surface area contributed by atoms with E-state index >= 15 is 0 Å². The van der Waals surface area contributed by atoms with Crippen molar-refractivity contribution < 1.29 is 23.9 Å². The first-order valence-electron chi connectivity index (χ1n) is 8.79. The van der Waals surface area contributed by atoms with E-state index in [4.69, 9.17) is 9.47 Å². The lowest BCUT2D eigenvalue weighted by atomic mass is 10.2. The zero-order valence-electron chi connectivity index (χ0n) is 15.5. The summed E-state index contributed by atoms with van der Waals surface area (Å²) in [5.41, 5.74) is 0.204. The average molecular weight is 362 g/mol. The Labute approximate surface area is 153 Å². The number of ether oxygens (including phenoxy) is 2. The number of anilines is 1. The van der Waals surface area contributed by atoms with E-state index in [1.54, 1.807) is 32.9 Å². The van der Waals surface area contributed by atoms with Gasteiger partial charge in [-0.25, -0.2) is 9.59 Å².